The molecule has 0 amide bonds. The Bertz CT molecular complexity index is 433. The van der Waals surface area contributed by atoms with Crippen molar-refractivity contribution in [3.05, 3.63) is 35.4 Å². The predicted molar refractivity (Wildman–Crippen MR) is 93.5 cm³/mol. The molecular formula is C15H24IN3O. The van der Waals surface area contributed by atoms with Crippen molar-refractivity contribution >= 4 is 29.9 Å². The van der Waals surface area contributed by atoms with Gasteiger partial charge >= 0.3 is 0 Å². The van der Waals surface area contributed by atoms with Crippen LogP contribution in [0.25, 0.3) is 0 Å². The Morgan fingerprint density at radius 2 is 2.05 bits per heavy atom. The number of rotatable bonds is 6. The fraction of sp³-hybridized carbons (Fsp3) is 0.533. The molecule has 0 unspecified atom stereocenters. The largest absolute Gasteiger partial charge is 0.380 e. The van der Waals surface area contributed by atoms with E-state index in [0.717, 1.165) is 25.0 Å². The minimum atomic E-state index is 0. The van der Waals surface area contributed by atoms with Crippen molar-refractivity contribution in [2.45, 2.75) is 26.0 Å². The van der Waals surface area contributed by atoms with Crippen molar-refractivity contribution in [2.24, 2.45) is 10.9 Å². The highest BCUT2D eigenvalue weighted by molar-refractivity contribution is 14.0. The molecule has 1 aromatic rings. The second kappa shape index (κ2) is 9.18. The first-order valence-corrected chi connectivity index (χ1v) is 6.83. The summed E-state index contributed by atoms with van der Waals surface area (Å²) >= 11 is 0. The SMILES string of the molecule is CN=C(NCc1cccc(COC)c1)NCC1CC1.I. The third kappa shape index (κ3) is 6.09. The zero-order valence-electron chi connectivity index (χ0n) is 12.2. The third-order valence-electron chi connectivity index (χ3n) is 3.24. The normalized spacial score (nSPS) is 14.6. The van der Waals surface area contributed by atoms with Gasteiger partial charge in [0.2, 0.25) is 0 Å². The molecule has 0 spiro atoms. The maximum absolute atomic E-state index is 5.15. The molecule has 0 heterocycles. The van der Waals surface area contributed by atoms with Crippen molar-refractivity contribution < 1.29 is 4.74 Å². The van der Waals surface area contributed by atoms with Gasteiger partial charge in [0.1, 0.15) is 0 Å². The van der Waals surface area contributed by atoms with Gasteiger partial charge in [-0.1, -0.05) is 24.3 Å². The lowest BCUT2D eigenvalue weighted by molar-refractivity contribution is 0.185. The molecule has 1 aliphatic rings. The quantitative estimate of drug-likeness (QED) is 0.447. The number of nitrogens with one attached hydrogen (secondary N) is 2. The Hall–Kier alpha value is -0.820. The highest BCUT2D eigenvalue weighted by atomic mass is 127. The molecule has 1 aromatic carbocycles. The lowest BCUT2D eigenvalue weighted by atomic mass is 10.1. The second-order valence-electron chi connectivity index (χ2n) is 5.00. The summed E-state index contributed by atoms with van der Waals surface area (Å²) in [5.41, 5.74) is 2.44. The molecule has 1 fully saturated rings. The highest BCUT2D eigenvalue weighted by Gasteiger charge is 2.20. The summed E-state index contributed by atoms with van der Waals surface area (Å²) in [6.45, 7) is 2.47. The monoisotopic (exact) mass is 389 g/mol. The van der Waals surface area contributed by atoms with E-state index < -0.39 is 0 Å². The number of hydrogen-bond acceptors (Lipinski definition) is 2. The topological polar surface area (TPSA) is 45.7 Å². The molecule has 1 aliphatic carbocycles. The van der Waals surface area contributed by atoms with Crippen molar-refractivity contribution in [3.8, 4) is 0 Å². The van der Waals surface area contributed by atoms with E-state index in [2.05, 4.69) is 39.9 Å². The van der Waals surface area contributed by atoms with E-state index >= 15 is 0 Å². The zero-order valence-corrected chi connectivity index (χ0v) is 14.5. The van der Waals surface area contributed by atoms with Gasteiger partial charge in [0.25, 0.3) is 0 Å². The van der Waals surface area contributed by atoms with E-state index in [9.17, 15) is 0 Å². The molecular weight excluding hydrogens is 365 g/mol. The van der Waals surface area contributed by atoms with E-state index in [-0.39, 0.29) is 24.0 Å². The Morgan fingerprint density at radius 3 is 2.70 bits per heavy atom. The molecule has 0 bridgehead atoms. The second-order valence-corrected chi connectivity index (χ2v) is 5.00. The van der Waals surface area contributed by atoms with E-state index in [0.29, 0.717) is 6.61 Å². The van der Waals surface area contributed by atoms with Crippen LogP contribution in [0.5, 0.6) is 0 Å². The van der Waals surface area contributed by atoms with Crippen molar-refractivity contribution in [2.75, 3.05) is 20.7 Å². The maximum atomic E-state index is 5.15. The van der Waals surface area contributed by atoms with Crippen LogP contribution >= 0.6 is 24.0 Å². The van der Waals surface area contributed by atoms with Crippen LogP contribution in [-0.2, 0) is 17.9 Å². The molecule has 0 saturated heterocycles. The summed E-state index contributed by atoms with van der Waals surface area (Å²) in [6.07, 6.45) is 2.70. The van der Waals surface area contributed by atoms with Gasteiger partial charge in [-0.25, -0.2) is 0 Å². The standard InChI is InChI=1S/C15H23N3O.HI/c1-16-15(17-9-12-6-7-12)18-10-13-4-3-5-14(8-13)11-19-2;/h3-5,8,12H,6-7,9-11H2,1-2H3,(H2,16,17,18);1H. The van der Waals surface area contributed by atoms with Gasteiger partial charge in [-0.05, 0) is 29.9 Å². The first-order chi connectivity index (χ1) is 9.31. The number of guanidine groups is 1. The summed E-state index contributed by atoms with van der Waals surface area (Å²) in [7, 11) is 3.53. The summed E-state index contributed by atoms with van der Waals surface area (Å²) in [5.74, 6) is 1.73. The van der Waals surface area contributed by atoms with Gasteiger partial charge in [0, 0.05) is 27.2 Å². The maximum Gasteiger partial charge on any atom is 0.191 e. The van der Waals surface area contributed by atoms with Crippen LogP contribution in [0.15, 0.2) is 29.3 Å². The van der Waals surface area contributed by atoms with Crippen LogP contribution in [-0.4, -0.2) is 26.7 Å². The number of benzene rings is 1. The Morgan fingerprint density at radius 1 is 1.30 bits per heavy atom. The average Bonchev–Trinajstić information content (AvgIpc) is 3.24. The van der Waals surface area contributed by atoms with Gasteiger partial charge in [0.15, 0.2) is 5.96 Å². The minimum Gasteiger partial charge on any atom is -0.380 e. The van der Waals surface area contributed by atoms with Crippen molar-refractivity contribution in [3.63, 3.8) is 0 Å². The number of halogens is 1. The average molecular weight is 389 g/mol. The molecule has 2 N–H and O–H groups in total. The number of methoxy groups -OCH3 is 1. The lowest BCUT2D eigenvalue weighted by Crippen LogP contribution is -2.37. The smallest absolute Gasteiger partial charge is 0.191 e. The van der Waals surface area contributed by atoms with Crippen LogP contribution in [0.1, 0.15) is 24.0 Å². The number of ether oxygens (including phenoxy) is 1. The molecule has 5 heteroatoms. The van der Waals surface area contributed by atoms with Gasteiger partial charge < -0.3 is 15.4 Å². The van der Waals surface area contributed by atoms with Crippen LogP contribution in [0.4, 0.5) is 0 Å². The molecule has 0 radical (unpaired) electrons. The zero-order chi connectivity index (χ0) is 13.5. The Balaban J connectivity index is 0.00000200. The highest BCUT2D eigenvalue weighted by Crippen LogP contribution is 2.27. The van der Waals surface area contributed by atoms with E-state index in [4.69, 9.17) is 4.74 Å². The lowest BCUT2D eigenvalue weighted by Gasteiger charge is -2.12. The summed E-state index contributed by atoms with van der Waals surface area (Å²) < 4.78 is 5.15. The number of aliphatic imine (C=N–C) groups is 1. The predicted octanol–water partition coefficient (Wildman–Crippen LogP) is 2.53. The molecule has 4 nitrogen and oxygen atoms in total. The molecule has 0 aliphatic heterocycles. The van der Waals surface area contributed by atoms with E-state index in [1.807, 2.05) is 7.05 Å². The van der Waals surface area contributed by atoms with Crippen LogP contribution < -0.4 is 10.6 Å². The summed E-state index contributed by atoms with van der Waals surface area (Å²) in [6, 6.07) is 8.41. The van der Waals surface area contributed by atoms with Crippen molar-refractivity contribution in [1.82, 2.24) is 10.6 Å². The molecule has 2 rings (SSSR count). The Kier molecular flexibility index (Phi) is 7.91. The molecule has 1 saturated carbocycles. The fourth-order valence-corrected chi connectivity index (χ4v) is 1.97. The van der Waals surface area contributed by atoms with Crippen molar-refractivity contribution in [1.29, 1.82) is 0 Å². The first-order valence-electron chi connectivity index (χ1n) is 6.83. The molecule has 112 valence electrons. The molecule has 20 heavy (non-hydrogen) atoms. The molecule has 0 atom stereocenters. The number of hydrogen-bond donors (Lipinski definition) is 2. The first kappa shape index (κ1) is 17.2. The summed E-state index contributed by atoms with van der Waals surface area (Å²) in [4.78, 5) is 4.23. The fourth-order valence-electron chi connectivity index (χ4n) is 1.97. The van der Waals surface area contributed by atoms with Crippen LogP contribution in [0, 0.1) is 5.92 Å². The van der Waals surface area contributed by atoms with Gasteiger partial charge in [0.05, 0.1) is 6.61 Å². The van der Waals surface area contributed by atoms with Crippen LogP contribution in [0.2, 0.25) is 0 Å². The van der Waals surface area contributed by atoms with E-state index in [1.165, 1.54) is 24.0 Å². The Labute approximate surface area is 138 Å². The van der Waals surface area contributed by atoms with Crippen LogP contribution in [0.3, 0.4) is 0 Å². The number of nitrogens with zero attached hydrogens (tertiary/aromatic N) is 1. The minimum absolute atomic E-state index is 0. The van der Waals surface area contributed by atoms with E-state index in [1.54, 1.807) is 7.11 Å². The van der Waals surface area contributed by atoms with Gasteiger partial charge in [-0.2, -0.15) is 0 Å². The third-order valence-corrected chi connectivity index (χ3v) is 3.24. The van der Waals surface area contributed by atoms with Gasteiger partial charge in [-0.3, -0.25) is 4.99 Å². The molecule has 0 aromatic heterocycles. The van der Waals surface area contributed by atoms with Gasteiger partial charge in [-0.15, -0.1) is 24.0 Å². The summed E-state index contributed by atoms with van der Waals surface area (Å²) in [5, 5.41) is 6.69.